The van der Waals surface area contributed by atoms with E-state index in [1.807, 2.05) is 19.9 Å². The first kappa shape index (κ1) is 17.8. The zero-order valence-corrected chi connectivity index (χ0v) is 13.9. The van der Waals surface area contributed by atoms with Gasteiger partial charge in [0.2, 0.25) is 0 Å². The molecular formula is C18H31NO2. The van der Waals surface area contributed by atoms with Crippen LogP contribution >= 0.6 is 0 Å². The van der Waals surface area contributed by atoms with Crippen LogP contribution in [-0.2, 0) is 6.42 Å². The second-order valence-electron chi connectivity index (χ2n) is 5.21. The summed E-state index contributed by atoms with van der Waals surface area (Å²) in [4.78, 5) is 0. The van der Waals surface area contributed by atoms with E-state index in [-0.39, 0.29) is 0 Å². The first-order valence-corrected chi connectivity index (χ1v) is 8.41. The molecule has 0 saturated heterocycles. The number of nitrogens with one attached hydrogen (secondary N) is 1. The number of ether oxygens (including phenoxy) is 2. The van der Waals surface area contributed by atoms with Crippen molar-refractivity contribution in [3.63, 3.8) is 0 Å². The van der Waals surface area contributed by atoms with E-state index in [1.54, 1.807) is 0 Å². The number of benzene rings is 1. The molecule has 3 heteroatoms. The van der Waals surface area contributed by atoms with Gasteiger partial charge in [-0.3, -0.25) is 0 Å². The Labute approximate surface area is 130 Å². The molecule has 0 amide bonds. The van der Waals surface area contributed by atoms with Crippen LogP contribution in [0, 0.1) is 0 Å². The molecule has 0 radical (unpaired) electrons. The van der Waals surface area contributed by atoms with Crippen molar-refractivity contribution in [3.05, 3.63) is 23.8 Å². The predicted molar refractivity (Wildman–Crippen MR) is 89.5 cm³/mol. The van der Waals surface area contributed by atoms with Crippen LogP contribution < -0.4 is 14.8 Å². The van der Waals surface area contributed by atoms with Crippen LogP contribution in [0.2, 0.25) is 0 Å². The van der Waals surface area contributed by atoms with Crippen LogP contribution in [0.3, 0.4) is 0 Å². The van der Waals surface area contributed by atoms with E-state index in [4.69, 9.17) is 9.47 Å². The molecule has 120 valence electrons. The van der Waals surface area contributed by atoms with Gasteiger partial charge in [-0.05, 0) is 70.3 Å². The molecule has 21 heavy (non-hydrogen) atoms. The molecule has 0 unspecified atom stereocenters. The van der Waals surface area contributed by atoms with E-state index in [1.165, 1.54) is 31.2 Å². The van der Waals surface area contributed by atoms with Gasteiger partial charge in [-0.25, -0.2) is 0 Å². The van der Waals surface area contributed by atoms with Gasteiger partial charge < -0.3 is 14.8 Å². The highest BCUT2D eigenvalue weighted by Gasteiger charge is 2.05. The average molecular weight is 293 g/mol. The summed E-state index contributed by atoms with van der Waals surface area (Å²) < 4.78 is 11.3. The third kappa shape index (κ3) is 7.37. The molecule has 0 spiro atoms. The SMILES string of the molecule is CCCNCCCCCc1ccc(OCC)c(OCC)c1. The van der Waals surface area contributed by atoms with Gasteiger partial charge in [0.1, 0.15) is 0 Å². The van der Waals surface area contributed by atoms with Gasteiger partial charge in [-0.15, -0.1) is 0 Å². The summed E-state index contributed by atoms with van der Waals surface area (Å²) in [5.41, 5.74) is 1.34. The van der Waals surface area contributed by atoms with Gasteiger partial charge in [0.05, 0.1) is 13.2 Å². The van der Waals surface area contributed by atoms with Gasteiger partial charge >= 0.3 is 0 Å². The van der Waals surface area contributed by atoms with Crippen LogP contribution in [0.25, 0.3) is 0 Å². The third-order valence-corrected chi connectivity index (χ3v) is 3.35. The molecule has 0 atom stereocenters. The number of rotatable bonds is 12. The topological polar surface area (TPSA) is 30.5 Å². The molecule has 3 nitrogen and oxygen atoms in total. The molecule has 1 N–H and O–H groups in total. The summed E-state index contributed by atoms with van der Waals surface area (Å²) in [6.07, 6.45) is 6.09. The predicted octanol–water partition coefficient (Wildman–Crippen LogP) is 4.20. The maximum absolute atomic E-state index is 5.67. The average Bonchev–Trinajstić information content (AvgIpc) is 2.49. The summed E-state index contributed by atoms with van der Waals surface area (Å²) in [7, 11) is 0. The van der Waals surface area contributed by atoms with E-state index in [0.29, 0.717) is 13.2 Å². The highest BCUT2D eigenvalue weighted by molar-refractivity contribution is 5.43. The quantitative estimate of drug-likeness (QED) is 0.586. The monoisotopic (exact) mass is 293 g/mol. The number of hydrogen-bond donors (Lipinski definition) is 1. The Kier molecular flexibility index (Phi) is 9.71. The molecule has 1 aromatic rings. The van der Waals surface area contributed by atoms with Crippen molar-refractivity contribution in [2.75, 3.05) is 26.3 Å². The largest absolute Gasteiger partial charge is 0.490 e. The fraction of sp³-hybridized carbons (Fsp3) is 0.667. The summed E-state index contributed by atoms with van der Waals surface area (Å²) in [6.45, 7) is 9.82. The number of aryl methyl sites for hydroxylation is 1. The van der Waals surface area contributed by atoms with E-state index in [0.717, 1.165) is 31.0 Å². The summed E-state index contributed by atoms with van der Waals surface area (Å²) >= 11 is 0. The number of unbranched alkanes of at least 4 members (excludes halogenated alkanes) is 2. The van der Waals surface area contributed by atoms with Crippen molar-refractivity contribution in [3.8, 4) is 11.5 Å². The molecule has 0 fully saturated rings. The highest BCUT2D eigenvalue weighted by atomic mass is 16.5. The summed E-state index contributed by atoms with van der Waals surface area (Å²) in [5.74, 6) is 1.73. The van der Waals surface area contributed by atoms with Crippen LogP contribution in [0.4, 0.5) is 0 Å². The van der Waals surface area contributed by atoms with E-state index < -0.39 is 0 Å². The lowest BCUT2D eigenvalue weighted by atomic mass is 10.1. The van der Waals surface area contributed by atoms with E-state index in [2.05, 4.69) is 24.4 Å². The van der Waals surface area contributed by atoms with Gasteiger partial charge in [0.15, 0.2) is 11.5 Å². The standard InChI is InChI=1S/C18H31NO2/c1-4-13-19-14-9-7-8-10-16-11-12-17(20-5-2)18(15-16)21-6-3/h11-12,15,19H,4-10,13-14H2,1-3H3. The Morgan fingerprint density at radius 2 is 1.62 bits per heavy atom. The van der Waals surface area contributed by atoms with Crippen molar-refractivity contribution in [2.45, 2.75) is 52.9 Å². The highest BCUT2D eigenvalue weighted by Crippen LogP contribution is 2.29. The van der Waals surface area contributed by atoms with Crippen LogP contribution in [-0.4, -0.2) is 26.3 Å². The maximum Gasteiger partial charge on any atom is 0.161 e. The molecule has 0 aliphatic rings. The second-order valence-corrected chi connectivity index (χ2v) is 5.21. The first-order chi connectivity index (χ1) is 10.3. The Morgan fingerprint density at radius 3 is 2.33 bits per heavy atom. The zero-order valence-electron chi connectivity index (χ0n) is 13.9. The third-order valence-electron chi connectivity index (χ3n) is 3.35. The fourth-order valence-corrected chi connectivity index (χ4v) is 2.31. The minimum absolute atomic E-state index is 0.671. The molecule has 0 saturated carbocycles. The maximum atomic E-state index is 5.67. The van der Waals surface area contributed by atoms with Crippen molar-refractivity contribution in [1.82, 2.24) is 5.32 Å². The zero-order chi connectivity index (χ0) is 15.3. The minimum atomic E-state index is 0.671. The van der Waals surface area contributed by atoms with Crippen molar-refractivity contribution in [2.24, 2.45) is 0 Å². The molecule has 0 heterocycles. The van der Waals surface area contributed by atoms with Crippen LogP contribution in [0.15, 0.2) is 18.2 Å². The van der Waals surface area contributed by atoms with Gasteiger partial charge in [-0.1, -0.05) is 19.4 Å². The molecule has 1 aromatic carbocycles. The van der Waals surface area contributed by atoms with Crippen molar-refractivity contribution < 1.29 is 9.47 Å². The Balaban J connectivity index is 2.35. The second kappa shape index (κ2) is 11.4. The van der Waals surface area contributed by atoms with Crippen LogP contribution in [0.1, 0.15) is 52.0 Å². The Morgan fingerprint density at radius 1 is 0.857 bits per heavy atom. The molecule has 0 bridgehead atoms. The normalized spacial score (nSPS) is 10.6. The molecule has 1 rings (SSSR count). The van der Waals surface area contributed by atoms with Crippen molar-refractivity contribution in [1.29, 1.82) is 0 Å². The lowest BCUT2D eigenvalue weighted by molar-refractivity contribution is 0.287. The minimum Gasteiger partial charge on any atom is -0.490 e. The Bertz CT molecular complexity index is 379. The van der Waals surface area contributed by atoms with E-state index >= 15 is 0 Å². The molecular weight excluding hydrogens is 262 g/mol. The summed E-state index contributed by atoms with van der Waals surface area (Å²) in [6, 6.07) is 6.32. The molecule has 0 aliphatic carbocycles. The van der Waals surface area contributed by atoms with Gasteiger partial charge in [-0.2, -0.15) is 0 Å². The van der Waals surface area contributed by atoms with Gasteiger partial charge in [0.25, 0.3) is 0 Å². The van der Waals surface area contributed by atoms with Crippen molar-refractivity contribution >= 4 is 0 Å². The summed E-state index contributed by atoms with van der Waals surface area (Å²) in [5, 5.41) is 3.44. The first-order valence-electron chi connectivity index (χ1n) is 8.41. The molecule has 0 aliphatic heterocycles. The lowest BCUT2D eigenvalue weighted by Crippen LogP contribution is -2.15. The van der Waals surface area contributed by atoms with Crippen LogP contribution in [0.5, 0.6) is 11.5 Å². The van der Waals surface area contributed by atoms with Gasteiger partial charge in [0, 0.05) is 0 Å². The Hall–Kier alpha value is -1.22. The smallest absolute Gasteiger partial charge is 0.161 e. The number of hydrogen-bond acceptors (Lipinski definition) is 3. The van der Waals surface area contributed by atoms with E-state index in [9.17, 15) is 0 Å². The lowest BCUT2D eigenvalue weighted by Gasteiger charge is -2.12. The molecule has 0 aromatic heterocycles. The fourth-order valence-electron chi connectivity index (χ4n) is 2.31.